The summed E-state index contributed by atoms with van der Waals surface area (Å²) < 4.78 is 25.0. The van der Waals surface area contributed by atoms with E-state index in [1.807, 2.05) is 34.6 Å². The molecule has 1 heterocycles. The second-order valence-electron chi connectivity index (χ2n) is 5.76. The van der Waals surface area contributed by atoms with E-state index in [1.165, 1.54) is 6.20 Å². The Bertz CT molecular complexity index is 318. The number of nitrogens with zero attached hydrogens (tertiary/aromatic N) is 1. The van der Waals surface area contributed by atoms with Crippen LogP contribution >= 0.6 is 0 Å². The Morgan fingerprint density at radius 2 is 1.72 bits per heavy atom. The molecule has 1 rings (SSSR count). The first kappa shape index (κ1) is 15.3. The number of hydrogen-bond donors (Lipinski definition) is 1. The van der Waals surface area contributed by atoms with Gasteiger partial charge in [-0.1, -0.05) is 0 Å². The molecule has 0 aromatic rings. The average Bonchev–Trinajstić information content (AvgIpc) is 2.46. The van der Waals surface area contributed by atoms with E-state index in [-0.39, 0.29) is 30.2 Å². The van der Waals surface area contributed by atoms with Crippen LogP contribution in [0.3, 0.4) is 0 Å². The van der Waals surface area contributed by atoms with E-state index in [0.717, 1.165) is 0 Å². The van der Waals surface area contributed by atoms with Crippen molar-refractivity contribution >= 4 is 7.12 Å². The van der Waals surface area contributed by atoms with Crippen molar-refractivity contribution in [2.24, 2.45) is 0 Å². The first-order valence-electron chi connectivity index (χ1n) is 6.23. The van der Waals surface area contributed by atoms with Gasteiger partial charge in [0.05, 0.1) is 23.3 Å². The highest BCUT2D eigenvalue weighted by molar-refractivity contribution is 6.47. The van der Waals surface area contributed by atoms with Gasteiger partial charge in [0.25, 0.3) is 0 Å². The highest BCUT2D eigenvalue weighted by Crippen LogP contribution is 2.38. The molecule has 1 unspecified atom stereocenters. The highest BCUT2D eigenvalue weighted by Gasteiger charge is 2.53. The Kier molecular flexibility index (Phi) is 4.33. The lowest BCUT2D eigenvalue weighted by atomic mass is 9.79. The van der Waals surface area contributed by atoms with Crippen LogP contribution in [0.1, 0.15) is 34.6 Å². The van der Waals surface area contributed by atoms with Gasteiger partial charge in [0, 0.05) is 14.1 Å². The smallest absolute Gasteiger partial charge is 0.402 e. The van der Waals surface area contributed by atoms with E-state index in [0.29, 0.717) is 0 Å². The minimum Gasteiger partial charge on any atom is -0.402 e. The summed E-state index contributed by atoms with van der Waals surface area (Å²) in [5.41, 5.74) is -0.726. The van der Waals surface area contributed by atoms with Crippen LogP contribution in [0.2, 0.25) is 0 Å². The van der Waals surface area contributed by atoms with Crippen LogP contribution in [-0.4, -0.2) is 43.3 Å². The van der Waals surface area contributed by atoms with Crippen LogP contribution in [-0.2, 0) is 9.31 Å². The fourth-order valence-electron chi connectivity index (χ4n) is 1.64. The molecule has 0 saturated carbocycles. The lowest BCUT2D eigenvalue weighted by molar-refractivity contribution is 0.00578. The second-order valence-corrected chi connectivity index (χ2v) is 5.76. The summed E-state index contributed by atoms with van der Waals surface area (Å²) in [6.45, 7) is 9.96. The monoisotopic (exact) mass is 258 g/mol. The van der Waals surface area contributed by atoms with Gasteiger partial charge in [-0.15, -0.1) is 0 Å². The first-order chi connectivity index (χ1) is 8.10. The van der Waals surface area contributed by atoms with Gasteiger partial charge in [-0.25, -0.2) is 0 Å². The van der Waals surface area contributed by atoms with Gasteiger partial charge < -0.3 is 19.5 Å². The second kappa shape index (κ2) is 5.09. The predicted octanol–water partition coefficient (Wildman–Crippen LogP) is 1.93. The summed E-state index contributed by atoms with van der Waals surface area (Å²) in [5, 5.41) is 2.44. The molecule has 0 aromatic heterocycles. The van der Waals surface area contributed by atoms with Crippen LogP contribution in [0.4, 0.5) is 4.39 Å². The summed E-state index contributed by atoms with van der Waals surface area (Å²) in [6, 6.07) is 0. The molecule has 0 bridgehead atoms. The SMILES string of the molecule is CN/C(F)=C\N(C)C(C)B1OC(C)(C)C(C)(C)O1. The normalized spacial score (nSPS) is 24.0. The van der Waals surface area contributed by atoms with Crippen LogP contribution in [0.25, 0.3) is 0 Å². The van der Waals surface area contributed by atoms with Crippen molar-refractivity contribution in [2.75, 3.05) is 14.1 Å². The largest absolute Gasteiger partial charge is 0.481 e. The van der Waals surface area contributed by atoms with E-state index in [1.54, 1.807) is 19.0 Å². The molecule has 1 aliphatic rings. The zero-order valence-corrected chi connectivity index (χ0v) is 12.4. The quantitative estimate of drug-likeness (QED) is 0.617. The fourth-order valence-corrected chi connectivity index (χ4v) is 1.64. The summed E-state index contributed by atoms with van der Waals surface area (Å²) in [7, 11) is 2.96. The van der Waals surface area contributed by atoms with E-state index < -0.39 is 0 Å². The molecule has 0 amide bonds. The number of halogens is 1. The fraction of sp³-hybridized carbons (Fsp3) is 0.833. The molecule has 1 aliphatic heterocycles. The Morgan fingerprint density at radius 3 is 2.11 bits per heavy atom. The van der Waals surface area contributed by atoms with Gasteiger partial charge >= 0.3 is 7.12 Å². The first-order valence-corrected chi connectivity index (χ1v) is 6.23. The molecule has 1 saturated heterocycles. The standard InChI is InChI=1S/C12H24BFN2O2/c1-9(16(7)8-10(14)15-6)13-17-11(2,3)12(4,5)18-13/h8-9,15H,1-7H3/b10-8-. The third-order valence-electron chi connectivity index (χ3n) is 3.86. The van der Waals surface area contributed by atoms with Crippen molar-refractivity contribution < 1.29 is 13.7 Å². The molecule has 18 heavy (non-hydrogen) atoms. The minimum absolute atomic E-state index is 0.0786. The van der Waals surface area contributed by atoms with Crippen LogP contribution in [0, 0.1) is 0 Å². The molecular formula is C12H24BFN2O2. The summed E-state index contributed by atoms with van der Waals surface area (Å²) >= 11 is 0. The van der Waals surface area contributed by atoms with Crippen molar-refractivity contribution in [3.8, 4) is 0 Å². The van der Waals surface area contributed by atoms with E-state index in [4.69, 9.17) is 9.31 Å². The molecule has 0 spiro atoms. The summed E-state index contributed by atoms with van der Waals surface area (Å²) in [5.74, 6) is -0.467. The number of hydrogen-bond acceptors (Lipinski definition) is 4. The van der Waals surface area contributed by atoms with E-state index in [2.05, 4.69) is 5.32 Å². The minimum atomic E-state index is -0.388. The summed E-state index contributed by atoms with van der Waals surface area (Å²) in [4.78, 5) is 1.74. The molecule has 1 atom stereocenters. The van der Waals surface area contributed by atoms with Crippen molar-refractivity contribution in [1.29, 1.82) is 0 Å². The maximum atomic E-state index is 13.2. The molecule has 0 radical (unpaired) electrons. The molecule has 6 heteroatoms. The Morgan fingerprint density at radius 1 is 1.28 bits per heavy atom. The van der Waals surface area contributed by atoms with Crippen molar-refractivity contribution in [3.63, 3.8) is 0 Å². The lowest BCUT2D eigenvalue weighted by Gasteiger charge is -2.32. The zero-order chi connectivity index (χ0) is 14.1. The Hall–Kier alpha value is -0.745. The van der Waals surface area contributed by atoms with Gasteiger partial charge in [-0.3, -0.25) is 0 Å². The van der Waals surface area contributed by atoms with E-state index in [9.17, 15) is 4.39 Å². The molecule has 0 aromatic carbocycles. The van der Waals surface area contributed by atoms with E-state index >= 15 is 0 Å². The van der Waals surface area contributed by atoms with Crippen molar-refractivity contribution in [2.45, 2.75) is 51.8 Å². The van der Waals surface area contributed by atoms with Gasteiger partial charge in [0.15, 0.2) is 0 Å². The molecule has 0 aliphatic carbocycles. The van der Waals surface area contributed by atoms with Crippen LogP contribution in [0.5, 0.6) is 0 Å². The molecule has 4 nitrogen and oxygen atoms in total. The number of rotatable bonds is 4. The predicted molar refractivity (Wildman–Crippen MR) is 71.6 cm³/mol. The topological polar surface area (TPSA) is 33.7 Å². The van der Waals surface area contributed by atoms with Gasteiger partial charge in [-0.05, 0) is 34.6 Å². The third kappa shape index (κ3) is 2.98. The van der Waals surface area contributed by atoms with Crippen LogP contribution < -0.4 is 5.32 Å². The maximum absolute atomic E-state index is 13.2. The third-order valence-corrected chi connectivity index (χ3v) is 3.86. The van der Waals surface area contributed by atoms with Gasteiger partial charge in [0.2, 0.25) is 5.95 Å². The van der Waals surface area contributed by atoms with Gasteiger partial charge in [0.1, 0.15) is 0 Å². The number of nitrogens with one attached hydrogen (secondary N) is 1. The lowest BCUT2D eigenvalue weighted by Crippen LogP contribution is -2.42. The Balaban J connectivity index is 2.73. The van der Waals surface area contributed by atoms with Crippen molar-refractivity contribution in [1.82, 2.24) is 10.2 Å². The Labute approximate surface area is 110 Å². The maximum Gasteiger partial charge on any atom is 0.481 e. The van der Waals surface area contributed by atoms with Crippen LogP contribution in [0.15, 0.2) is 12.2 Å². The molecular weight excluding hydrogens is 234 g/mol. The van der Waals surface area contributed by atoms with Gasteiger partial charge in [-0.2, -0.15) is 4.39 Å². The highest BCUT2D eigenvalue weighted by atomic mass is 19.1. The molecule has 104 valence electrons. The van der Waals surface area contributed by atoms with Crippen molar-refractivity contribution in [3.05, 3.63) is 12.2 Å². The molecule has 1 fully saturated rings. The zero-order valence-electron chi connectivity index (χ0n) is 12.4. The average molecular weight is 258 g/mol. The summed E-state index contributed by atoms with van der Waals surface area (Å²) in [6.07, 6.45) is 1.40. The molecule has 1 N–H and O–H groups in total.